The van der Waals surface area contributed by atoms with Gasteiger partial charge in [0.15, 0.2) is 5.54 Å². The van der Waals surface area contributed by atoms with E-state index in [2.05, 4.69) is 10.1 Å². The predicted octanol–water partition coefficient (Wildman–Crippen LogP) is 1.56. The fourth-order valence-corrected chi connectivity index (χ4v) is 3.56. The highest BCUT2D eigenvalue weighted by Crippen LogP contribution is 2.30. The molecule has 0 saturated carbocycles. The Morgan fingerprint density at radius 3 is 2.58 bits per heavy atom. The normalized spacial score (nSPS) is 16.7. The van der Waals surface area contributed by atoms with E-state index in [0.29, 0.717) is 31.6 Å². The summed E-state index contributed by atoms with van der Waals surface area (Å²) in [5.74, 6) is -1.09. The first-order valence-electron chi connectivity index (χ1n) is 8.49. The topological polar surface area (TPSA) is 92.7 Å². The van der Waals surface area contributed by atoms with Crippen LogP contribution in [0, 0.1) is 6.92 Å². The maximum Gasteiger partial charge on any atom is 0.331 e. The average Bonchev–Trinajstić information content (AvgIpc) is 3.31. The van der Waals surface area contributed by atoms with E-state index in [1.54, 1.807) is 29.6 Å². The SMILES string of the molecule is Cc1cccc2nc(C(=O)N3CCC(C(=O)O)(n4cccn4)CC3)cn12. The minimum atomic E-state index is -1.10. The number of hydrogen-bond donors (Lipinski definition) is 1. The van der Waals surface area contributed by atoms with Crippen molar-refractivity contribution in [3.05, 3.63) is 54.2 Å². The number of fused-ring (bicyclic) bond motifs is 1. The lowest BCUT2D eigenvalue weighted by molar-refractivity contribution is -0.150. The van der Waals surface area contributed by atoms with Gasteiger partial charge >= 0.3 is 5.97 Å². The number of likely N-dealkylation sites (tertiary alicyclic amines) is 1. The lowest BCUT2D eigenvalue weighted by Crippen LogP contribution is -2.52. The number of aryl methyl sites for hydroxylation is 1. The molecule has 3 aromatic heterocycles. The number of aliphatic carboxylic acids is 1. The number of carboxylic acid groups (broad SMARTS) is 1. The second-order valence-corrected chi connectivity index (χ2v) is 6.60. The monoisotopic (exact) mass is 353 g/mol. The number of pyridine rings is 1. The fourth-order valence-electron chi connectivity index (χ4n) is 3.56. The summed E-state index contributed by atoms with van der Waals surface area (Å²) in [4.78, 5) is 30.8. The quantitative estimate of drug-likeness (QED) is 0.771. The highest BCUT2D eigenvalue weighted by atomic mass is 16.4. The van der Waals surface area contributed by atoms with Crippen LogP contribution in [0.4, 0.5) is 0 Å². The number of piperidine rings is 1. The number of hydrogen-bond acceptors (Lipinski definition) is 4. The van der Waals surface area contributed by atoms with Gasteiger partial charge in [-0.1, -0.05) is 6.07 Å². The van der Waals surface area contributed by atoms with Gasteiger partial charge in [0.1, 0.15) is 11.3 Å². The van der Waals surface area contributed by atoms with Gasteiger partial charge in [0.25, 0.3) is 5.91 Å². The highest BCUT2D eigenvalue weighted by molar-refractivity contribution is 5.93. The molecule has 1 amide bonds. The molecule has 1 N–H and O–H groups in total. The summed E-state index contributed by atoms with van der Waals surface area (Å²) >= 11 is 0. The van der Waals surface area contributed by atoms with Crippen LogP contribution in [0.25, 0.3) is 5.65 Å². The molecule has 1 fully saturated rings. The van der Waals surface area contributed by atoms with Crippen molar-refractivity contribution >= 4 is 17.5 Å². The zero-order valence-electron chi connectivity index (χ0n) is 14.4. The first-order chi connectivity index (χ1) is 12.5. The van der Waals surface area contributed by atoms with Gasteiger partial charge < -0.3 is 14.4 Å². The van der Waals surface area contributed by atoms with Gasteiger partial charge in [0.2, 0.25) is 0 Å². The lowest BCUT2D eigenvalue weighted by atomic mass is 9.87. The summed E-state index contributed by atoms with van der Waals surface area (Å²) in [5, 5.41) is 13.9. The highest BCUT2D eigenvalue weighted by Gasteiger charge is 2.45. The van der Waals surface area contributed by atoms with Gasteiger partial charge in [-0.05, 0) is 25.1 Å². The number of rotatable bonds is 3. The van der Waals surface area contributed by atoms with Crippen LogP contribution in [0.5, 0.6) is 0 Å². The Labute approximate surface area is 149 Å². The van der Waals surface area contributed by atoms with Gasteiger partial charge in [-0.15, -0.1) is 0 Å². The van der Waals surface area contributed by atoms with E-state index in [9.17, 15) is 14.7 Å². The van der Waals surface area contributed by atoms with Crippen LogP contribution in [0.1, 0.15) is 29.0 Å². The first-order valence-corrected chi connectivity index (χ1v) is 8.49. The molecule has 0 aromatic carbocycles. The van der Waals surface area contributed by atoms with Crippen molar-refractivity contribution in [2.75, 3.05) is 13.1 Å². The molecule has 8 heteroatoms. The van der Waals surface area contributed by atoms with Gasteiger partial charge in [0.05, 0.1) is 0 Å². The zero-order chi connectivity index (χ0) is 18.3. The predicted molar refractivity (Wildman–Crippen MR) is 92.9 cm³/mol. The fraction of sp³-hybridized carbons (Fsp3) is 0.333. The number of imidazole rings is 1. The number of aromatic nitrogens is 4. The second kappa shape index (κ2) is 5.98. The van der Waals surface area contributed by atoms with E-state index < -0.39 is 11.5 Å². The number of amides is 1. The van der Waals surface area contributed by atoms with Gasteiger partial charge in [-0.2, -0.15) is 5.10 Å². The van der Waals surface area contributed by atoms with Crippen molar-refractivity contribution in [2.45, 2.75) is 25.3 Å². The van der Waals surface area contributed by atoms with E-state index in [-0.39, 0.29) is 5.91 Å². The van der Waals surface area contributed by atoms with E-state index in [4.69, 9.17) is 0 Å². The summed E-state index contributed by atoms with van der Waals surface area (Å²) in [6.07, 6.45) is 5.58. The van der Waals surface area contributed by atoms with Crippen molar-refractivity contribution in [3.8, 4) is 0 Å². The number of carboxylic acids is 1. The Hall–Kier alpha value is -3.16. The van der Waals surface area contributed by atoms with E-state index >= 15 is 0 Å². The maximum absolute atomic E-state index is 12.8. The van der Waals surface area contributed by atoms with Gasteiger partial charge in [-0.25, -0.2) is 9.78 Å². The summed E-state index contributed by atoms with van der Waals surface area (Å²) < 4.78 is 3.37. The van der Waals surface area contributed by atoms with Crippen LogP contribution in [0.3, 0.4) is 0 Å². The molecule has 134 valence electrons. The molecule has 26 heavy (non-hydrogen) atoms. The molecule has 0 atom stereocenters. The second-order valence-electron chi connectivity index (χ2n) is 6.60. The minimum Gasteiger partial charge on any atom is -0.479 e. The molecule has 0 unspecified atom stereocenters. The Morgan fingerprint density at radius 1 is 1.19 bits per heavy atom. The summed E-state index contributed by atoms with van der Waals surface area (Å²) in [5.41, 5.74) is 0.995. The van der Waals surface area contributed by atoms with E-state index in [1.165, 1.54) is 4.68 Å². The number of carbonyl (C=O) groups excluding carboxylic acids is 1. The van der Waals surface area contributed by atoms with Crippen LogP contribution >= 0.6 is 0 Å². The molecule has 8 nitrogen and oxygen atoms in total. The molecule has 1 aliphatic rings. The van der Waals surface area contributed by atoms with Crippen molar-refractivity contribution in [1.82, 2.24) is 24.1 Å². The van der Waals surface area contributed by atoms with Crippen LogP contribution in [0.2, 0.25) is 0 Å². The van der Waals surface area contributed by atoms with Crippen molar-refractivity contribution in [1.29, 1.82) is 0 Å². The Bertz CT molecular complexity index is 968. The van der Waals surface area contributed by atoms with Gasteiger partial charge in [0, 0.05) is 50.2 Å². The smallest absolute Gasteiger partial charge is 0.331 e. The Kier molecular flexibility index (Phi) is 3.75. The molecule has 0 spiro atoms. The molecular formula is C18H19N5O3. The minimum absolute atomic E-state index is 0.174. The average molecular weight is 353 g/mol. The molecule has 3 aromatic rings. The summed E-state index contributed by atoms with van der Waals surface area (Å²) in [6.45, 7) is 2.64. The number of carbonyl (C=O) groups is 2. The van der Waals surface area contributed by atoms with Crippen molar-refractivity contribution in [3.63, 3.8) is 0 Å². The van der Waals surface area contributed by atoms with Crippen molar-refractivity contribution < 1.29 is 14.7 Å². The Morgan fingerprint density at radius 2 is 1.96 bits per heavy atom. The van der Waals surface area contributed by atoms with Crippen molar-refractivity contribution in [2.24, 2.45) is 0 Å². The lowest BCUT2D eigenvalue weighted by Gasteiger charge is -2.38. The Balaban J connectivity index is 1.56. The molecular weight excluding hydrogens is 334 g/mol. The largest absolute Gasteiger partial charge is 0.479 e. The third kappa shape index (κ3) is 2.45. The third-order valence-corrected chi connectivity index (χ3v) is 5.13. The van der Waals surface area contributed by atoms with E-state index in [1.807, 2.05) is 29.5 Å². The van der Waals surface area contributed by atoms with E-state index in [0.717, 1.165) is 11.3 Å². The first kappa shape index (κ1) is 16.3. The molecule has 0 bridgehead atoms. The molecule has 4 heterocycles. The molecule has 1 aliphatic heterocycles. The summed E-state index contributed by atoms with van der Waals surface area (Å²) in [6, 6.07) is 7.42. The van der Waals surface area contributed by atoms with Crippen LogP contribution < -0.4 is 0 Å². The zero-order valence-corrected chi connectivity index (χ0v) is 14.4. The molecule has 1 saturated heterocycles. The summed E-state index contributed by atoms with van der Waals surface area (Å²) in [7, 11) is 0. The maximum atomic E-state index is 12.8. The van der Waals surface area contributed by atoms with Crippen LogP contribution in [0.15, 0.2) is 42.9 Å². The standard InChI is InChI=1S/C18H19N5O3/c1-13-4-2-5-15-20-14(12-22(13)15)16(24)21-10-6-18(7-11-21,17(25)26)23-9-3-8-19-23/h2-5,8-9,12H,6-7,10-11H2,1H3,(H,25,26). The molecule has 0 aliphatic carbocycles. The van der Waals surface area contributed by atoms with Crippen LogP contribution in [-0.4, -0.2) is 54.1 Å². The molecule has 4 rings (SSSR count). The molecule has 0 radical (unpaired) electrons. The van der Waals surface area contributed by atoms with Gasteiger partial charge in [-0.3, -0.25) is 9.48 Å². The van der Waals surface area contributed by atoms with Crippen LogP contribution in [-0.2, 0) is 10.3 Å². The third-order valence-electron chi connectivity index (χ3n) is 5.13. The number of nitrogens with zero attached hydrogens (tertiary/aromatic N) is 5.